The van der Waals surface area contributed by atoms with Gasteiger partial charge in [0.15, 0.2) is 6.61 Å². The first-order chi connectivity index (χ1) is 15.2. The predicted molar refractivity (Wildman–Crippen MR) is 122 cm³/mol. The third-order valence-electron chi connectivity index (χ3n) is 5.32. The molecule has 1 amide bonds. The van der Waals surface area contributed by atoms with E-state index in [-0.39, 0.29) is 18.0 Å². The zero-order chi connectivity index (χ0) is 23.3. The van der Waals surface area contributed by atoms with Crippen molar-refractivity contribution in [3.05, 3.63) is 64.1 Å². The first-order valence-electron chi connectivity index (χ1n) is 10.1. The van der Waals surface area contributed by atoms with Crippen LogP contribution in [0.25, 0.3) is 0 Å². The molecule has 1 N–H and O–H groups in total. The standard InChI is InChI=1S/C22H24Cl2N2O5S/c1-15(19-8-7-17(23)13-20(19)24)25-21(27)14-31-22(28)16-9-11-26(12-10-16)32(29,30)18-5-3-2-4-6-18/h2-8,13,15-16H,9-12,14H2,1H3,(H,25,27). The number of hydrogen-bond acceptors (Lipinski definition) is 5. The van der Waals surface area contributed by atoms with Crippen molar-refractivity contribution in [2.45, 2.75) is 30.7 Å². The van der Waals surface area contributed by atoms with E-state index in [9.17, 15) is 18.0 Å². The van der Waals surface area contributed by atoms with Crippen molar-refractivity contribution in [1.29, 1.82) is 0 Å². The lowest BCUT2D eigenvalue weighted by Gasteiger charge is -2.30. The fraction of sp³-hybridized carbons (Fsp3) is 0.364. The summed E-state index contributed by atoms with van der Waals surface area (Å²) in [4.78, 5) is 24.8. The topological polar surface area (TPSA) is 92.8 Å². The van der Waals surface area contributed by atoms with Gasteiger partial charge in [0.2, 0.25) is 10.0 Å². The number of nitrogens with one attached hydrogen (secondary N) is 1. The van der Waals surface area contributed by atoms with Gasteiger partial charge in [-0.15, -0.1) is 0 Å². The molecule has 1 aliphatic heterocycles. The highest BCUT2D eigenvalue weighted by atomic mass is 35.5. The van der Waals surface area contributed by atoms with Crippen LogP contribution < -0.4 is 5.32 Å². The minimum absolute atomic E-state index is 0.218. The number of rotatable bonds is 7. The van der Waals surface area contributed by atoms with Crippen LogP contribution >= 0.6 is 23.2 Å². The molecule has 0 saturated carbocycles. The zero-order valence-corrected chi connectivity index (χ0v) is 19.8. The number of esters is 1. The highest BCUT2D eigenvalue weighted by molar-refractivity contribution is 7.89. The average Bonchev–Trinajstić information content (AvgIpc) is 2.78. The van der Waals surface area contributed by atoms with E-state index in [1.54, 1.807) is 55.5 Å². The van der Waals surface area contributed by atoms with Crippen molar-refractivity contribution in [1.82, 2.24) is 9.62 Å². The Hall–Kier alpha value is -2.13. The molecule has 0 radical (unpaired) electrons. The first-order valence-corrected chi connectivity index (χ1v) is 12.3. The van der Waals surface area contributed by atoms with Gasteiger partial charge in [-0.25, -0.2) is 8.42 Å². The van der Waals surface area contributed by atoms with Crippen LogP contribution in [0.1, 0.15) is 31.4 Å². The molecule has 32 heavy (non-hydrogen) atoms. The Morgan fingerprint density at radius 1 is 1.12 bits per heavy atom. The summed E-state index contributed by atoms with van der Waals surface area (Å²) < 4.78 is 31.9. The molecule has 10 heteroatoms. The molecule has 3 rings (SSSR count). The number of sulfonamides is 1. The number of benzene rings is 2. The number of carbonyl (C=O) groups excluding carboxylic acids is 2. The first kappa shape index (κ1) is 24.5. The second kappa shape index (κ2) is 10.7. The molecule has 0 aromatic heterocycles. The maximum atomic E-state index is 12.7. The molecule has 0 aliphatic carbocycles. The minimum Gasteiger partial charge on any atom is -0.455 e. The van der Waals surface area contributed by atoms with Gasteiger partial charge in [-0.3, -0.25) is 9.59 Å². The highest BCUT2D eigenvalue weighted by Gasteiger charge is 2.33. The third kappa shape index (κ3) is 6.01. The Morgan fingerprint density at radius 2 is 1.78 bits per heavy atom. The van der Waals surface area contributed by atoms with Crippen LogP contribution in [0.2, 0.25) is 10.0 Å². The fourth-order valence-corrected chi connectivity index (χ4v) is 5.60. The molecule has 1 aliphatic rings. The summed E-state index contributed by atoms with van der Waals surface area (Å²) >= 11 is 12.0. The molecule has 0 bridgehead atoms. The molecule has 2 aromatic rings. The summed E-state index contributed by atoms with van der Waals surface area (Å²) in [7, 11) is -3.58. The quantitative estimate of drug-likeness (QED) is 0.585. The Bertz CT molecular complexity index is 1070. The minimum atomic E-state index is -3.58. The normalized spacial score (nSPS) is 16.3. The average molecular weight is 499 g/mol. The lowest BCUT2D eigenvalue weighted by molar-refractivity contribution is -0.153. The SMILES string of the molecule is CC(NC(=O)COC(=O)C1CCN(S(=O)(=O)c2ccccc2)CC1)c1ccc(Cl)cc1Cl. The molecular weight excluding hydrogens is 475 g/mol. The molecule has 1 fully saturated rings. The van der Waals surface area contributed by atoms with Crippen molar-refractivity contribution < 1.29 is 22.7 Å². The summed E-state index contributed by atoms with van der Waals surface area (Å²) in [6.45, 7) is 1.78. The van der Waals surface area contributed by atoms with Gasteiger partial charge in [0.05, 0.1) is 16.9 Å². The van der Waals surface area contributed by atoms with Crippen LogP contribution in [-0.4, -0.2) is 44.3 Å². The molecule has 2 aromatic carbocycles. The lowest BCUT2D eigenvalue weighted by atomic mass is 9.98. The van der Waals surface area contributed by atoms with E-state index < -0.39 is 40.5 Å². The van der Waals surface area contributed by atoms with Crippen molar-refractivity contribution >= 4 is 45.1 Å². The number of halogens is 2. The summed E-state index contributed by atoms with van der Waals surface area (Å²) in [5.74, 6) is -1.41. The summed E-state index contributed by atoms with van der Waals surface area (Å²) in [6.07, 6.45) is 0.673. The van der Waals surface area contributed by atoms with E-state index in [2.05, 4.69) is 5.32 Å². The van der Waals surface area contributed by atoms with Gasteiger partial charge in [0.1, 0.15) is 0 Å². The van der Waals surface area contributed by atoms with Crippen molar-refractivity contribution in [3.8, 4) is 0 Å². The van der Waals surface area contributed by atoms with E-state index in [0.29, 0.717) is 28.5 Å². The number of amides is 1. The van der Waals surface area contributed by atoms with Gasteiger partial charge in [-0.1, -0.05) is 47.5 Å². The van der Waals surface area contributed by atoms with Crippen LogP contribution in [0, 0.1) is 5.92 Å². The highest BCUT2D eigenvalue weighted by Crippen LogP contribution is 2.26. The van der Waals surface area contributed by atoms with Crippen molar-refractivity contribution in [2.24, 2.45) is 5.92 Å². The molecule has 1 unspecified atom stereocenters. The smallest absolute Gasteiger partial charge is 0.309 e. The Labute approximate surface area is 197 Å². The third-order valence-corrected chi connectivity index (χ3v) is 7.80. The molecule has 1 heterocycles. The Balaban J connectivity index is 1.46. The molecule has 1 atom stereocenters. The summed E-state index contributed by atoms with van der Waals surface area (Å²) in [6, 6.07) is 12.8. The maximum absolute atomic E-state index is 12.7. The van der Waals surface area contributed by atoms with Gasteiger partial charge < -0.3 is 10.1 Å². The summed E-state index contributed by atoms with van der Waals surface area (Å²) in [5.41, 5.74) is 0.697. The predicted octanol–water partition coefficient (Wildman–Crippen LogP) is 3.81. The Kier molecular flexibility index (Phi) is 8.16. The number of hydrogen-bond donors (Lipinski definition) is 1. The van der Waals surface area contributed by atoms with Gasteiger partial charge in [0.25, 0.3) is 5.91 Å². The van der Waals surface area contributed by atoms with Crippen LogP contribution in [0.3, 0.4) is 0 Å². The number of ether oxygens (including phenoxy) is 1. The molecule has 0 spiro atoms. The second-order valence-corrected chi connectivity index (χ2v) is 10.3. The molecule has 1 saturated heterocycles. The number of carbonyl (C=O) groups is 2. The van der Waals surface area contributed by atoms with Gasteiger partial charge >= 0.3 is 5.97 Å². The lowest BCUT2D eigenvalue weighted by Crippen LogP contribution is -2.41. The van der Waals surface area contributed by atoms with Crippen molar-refractivity contribution in [3.63, 3.8) is 0 Å². The molecular formula is C22H24Cl2N2O5S. The van der Waals surface area contributed by atoms with Crippen molar-refractivity contribution in [2.75, 3.05) is 19.7 Å². The fourth-order valence-electron chi connectivity index (χ4n) is 3.54. The maximum Gasteiger partial charge on any atom is 0.309 e. The van der Waals surface area contributed by atoms with Crippen LogP contribution in [0.4, 0.5) is 0 Å². The Morgan fingerprint density at radius 3 is 2.41 bits per heavy atom. The van der Waals surface area contributed by atoms with E-state index in [1.807, 2.05) is 0 Å². The van der Waals surface area contributed by atoms with E-state index >= 15 is 0 Å². The largest absolute Gasteiger partial charge is 0.455 e. The molecule has 172 valence electrons. The number of nitrogens with zero attached hydrogens (tertiary/aromatic N) is 1. The molecule has 7 nitrogen and oxygen atoms in total. The van der Waals surface area contributed by atoms with E-state index in [0.717, 1.165) is 0 Å². The van der Waals surface area contributed by atoms with Crippen LogP contribution in [-0.2, 0) is 24.3 Å². The van der Waals surface area contributed by atoms with Gasteiger partial charge in [-0.2, -0.15) is 4.31 Å². The zero-order valence-electron chi connectivity index (χ0n) is 17.5. The van der Waals surface area contributed by atoms with E-state index in [4.69, 9.17) is 27.9 Å². The second-order valence-electron chi connectivity index (χ2n) is 7.55. The summed E-state index contributed by atoms with van der Waals surface area (Å²) in [5, 5.41) is 3.65. The van der Waals surface area contributed by atoms with Gasteiger partial charge in [0, 0.05) is 23.1 Å². The monoisotopic (exact) mass is 498 g/mol. The van der Waals surface area contributed by atoms with Crippen LogP contribution in [0.15, 0.2) is 53.4 Å². The van der Waals surface area contributed by atoms with Gasteiger partial charge in [-0.05, 0) is 49.6 Å². The van der Waals surface area contributed by atoms with Crippen LogP contribution in [0.5, 0.6) is 0 Å². The number of piperidine rings is 1. The van der Waals surface area contributed by atoms with E-state index in [1.165, 1.54) is 4.31 Å².